The lowest BCUT2D eigenvalue weighted by Gasteiger charge is -2.22. The highest BCUT2D eigenvalue weighted by molar-refractivity contribution is 6.40. The predicted molar refractivity (Wildman–Crippen MR) is 135 cm³/mol. The first-order valence-electron chi connectivity index (χ1n) is 11.2. The van der Waals surface area contributed by atoms with E-state index in [2.05, 4.69) is 10.2 Å². The number of nitrogens with zero attached hydrogens (tertiary/aromatic N) is 3. The summed E-state index contributed by atoms with van der Waals surface area (Å²) in [6.07, 6.45) is 0. The van der Waals surface area contributed by atoms with Crippen LogP contribution in [0.5, 0.6) is 23.0 Å². The Morgan fingerprint density at radius 2 is 1.43 bits per heavy atom. The van der Waals surface area contributed by atoms with Gasteiger partial charge in [0.2, 0.25) is 6.04 Å². The monoisotopic (exact) mass is 525 g/mol. The van der Waals surface area contributed by atoms with E-state index in [1.807, 2.05) is 6.92 Å². The molecule has 190 valence electrons. The molecule has 0 aliphatic heterocycles. The van der Waals surface area contributed by atoms with E-state index < -0.39 is 17.7 Å². The minimum absolute atomic E-state index is 0.129. The molecule has 0 saturated heterocycles. The molecule has 0 radical (unpaired) electrons. The van der Waals surface area contributed by atoms with Crippen molar-refractivity contribution in [3.05, 3.63) is 35.4 Å². The zero-order valence-corrected chi connectivity index (χ0v) is 21.9. The summed E-state index contributed by atoms with van der Waals surface area (Å²) in [5.74, 6) is -0.135. The van der Waals surface area contributed by atoms with Crippen LogP contribution in [0, 0.1) is 0 Å². The van der Waals surface area contributed by atoms with Crippen molar-refractivity contribution in [3.63, 3.8) is 0 Å². The average molecular weight is 526 g/mol. The Hall–Kier alpha value is -3.04. The van der Waals surface area contributed by atoms with Crippen LogP contribution in [0.25, 0.3) is 0 Å². The van der Waals surface area contributed by atoms with Crippen molar-refractivity contribution < 1.29 is 28.5 Å². The number of hydrogen-bond donors (Lipinski definition) is 0. The lowest BCUT2D eigenvalue weighted by molar-refractivity contribution is -0.126. The predicted octanol–water partition coefficient (Wildman–Crippen LogP) is 6.16. The van der Waals surface area contributed by atoms with E-state index in [-0.39, 0.29) is 22.1 Å². The molecule has 0 fully saturated rings. The lowest BCUT2D eigenvalue weighted by atomic mass is 10.2. The molecule has 1 atom stereocenters. The lowest BCUT2D eigenvalue weighted by Crippen LogP contribution is -2.36. The van der Waals surface area contributed by atoms with Gasteiger partial charge in [0, 0.05) is 11.8 Å². The summed E-state index contributed by atoms with van der Waals surface area (Å²) in [5, 5.41) is 8.30. The maximum absolute atomic E-state index is 13.3. The summed E-state index contributed by atoms with van der Waals surface area (Å²) < 4.78 is 23.2. The molecule has 0 N–H and O–H groups in total. The number of Topliss-reactive ketones (excluding diaryl/α,β-unsaturated/α-hetero) is 1. The number of carbonyl (C=O) groups is 2. The van der Waals surface area contributed by atoms with E-state index in [4.69, 9.17) is 42.3 Å². The van der Waals surface area contributed by atoms with Gasteiger partial charge in [-0.3, -0.25) is 9.59 Å². The first-order valence-corrected chi connectivity index (χ1v) is 11.9. The van der Waals surface area contributed by atoms with Crippen molar-refractivity contribution in [2.75, 3.05) is 30.8 Å². The van der Waals surface area contributed by atoms with Gasteiger partial charge < -0.3 is 18.9 Å². The molecule has 0 aliphatic rings. The normalized spacial score (nSPS) is 11.7. The molecular weight excluding hydrogens is 497 g/mol. The van der Waals surface area contributed by atoms with Crippen LogP contribution in [0.4, 0.5) is 11.4 Å². The van der Waals surface area contributed by atoms with Crippen LogP contribution in [-0.2, 0) is 9.59 Å². The van der Waals surface area contributed by atoms with Crippen LogP contribution < -0.4 is 23.4 Å². The molecule has 1 amide bonds. The third kappa shape index (κ3) is 6.99. The summed E-state index contributed by atoms with van der Waals surface area (Å²) in [7, 11) is 0. The molecular formula is C24H29Cl2N3O6. The molecule has 0 bridgehead atoms. The number of azo groups is 1. The number of hydrogen-bond acceptors (Lipinski definition) is 8. The second kappa shape index (κ2) is 13.7. The van der Waals surface area contributed by atoms with Gasteiger partial charge in [0.05, 0.1) is 31.5 Å². The Morgan fingerprint density at radius 3 is 1.94 bits per heavy atom. The highest BCUT2D eigenvalue weighted by Crippen LogP contribution is 2.43. The molecule has 2 aromatic rings. The highest BCUT2D eigenvalue weighted by Gasteiger charge is 2.32. The molecule has 2 rings (SSSR count). The van der Waals surface area contributed by atoms with Crippen molar-refractivity contribution in [3.8, 4) is 23.0 Å². The Morgan fingerprint density at radius 1 is 0.886 bits per heavy atom. The molecule has 9 nitrogen and oxygen atoms in total. The van der Waals surface area contributed by atoms with Crippen LogP contribution in [0.3, 0.4) is 0 Å². The quantitative estimate of drug-likeness (QED) is 0.176. The number of ketones is 1. The van der Waals surface area contributed by atoms with E-state index in [0.717, 1.165) is 4.42 Å². The van der Waals surface area contributed by atoms with Crippen LogP contribution in [0.1, 0.15) is 34.6 Å². The van der Waals surface area contributed by atoms with Crippen LogP contribution in [0.2, 0.25) is 5.02 Å². The van der Waals surface area contributed by atoms with Crippen molar-refractivity contribution in [2.24, 2.45) is 10.2 Å². The van der Waals surface area contributed by atoms with Gasteiger partial charge in [-0.05, 0) is 58.9 Å². The molecule has 0 heterocycles. The standard InChI is InChI=1S/C24H29Cl2N3O6/c1-6-32-17-11-10-12-18(33-7-2)22(17)29(26)24(31)20(15(5)30)27-28-21-16(25)13-14-19(34-8-3)23(21)35-9-4/h10-14,20H,6-9H2,1-5H3. The fraction of sp³-hybridized carbons (Fsp3) is 0.417. The number of anilines is 1. The molecule has 35 heavy (non-hydrogen) atoms. The zero-order chi connectivity index (χ0) is 26.0. The smallest absolute Gasteiger partial charge is 0.276 e. The number of carbonyl (C=O) groups excluding carboxylic acids is 2. The largest absolute Gasteiger partial charge is 0.491 e. The molecule has 11 heteroatoms. The summed E-state index contributed by atoms with van der Waals surface area (Å²) in [5.41, 5.74) is 0.292. The second-order valence-electron chi connectivity index (χ2n) is 6.91. The number of para-hydroxylation sites is 1. The van der Waals surface area contributed by atoms with Gasteiger partial charge in [-0.1, -0.05) is 17.7 Å². The highest BCUT2D eigenvalue weighted by atomic mass is 35.5. The maximum atomic E-state index is 13.3. The minimum Gasteiger partial charge on any atom is -0.491 e. The fourth-order valence-electron chi connectivity index (χ4n) is 3.05. The van der Waals surface area contributed by atoms with Gasteiger partial charge in [0.15, 0.2) is 17.3 Å². The molecule has 0 aliphatic carbocycles. The van der Waals surface area contributed by atoms with Gasteiger partial charge in [0.1, 0.15) is 22.9 Å². The number of halogens is 2. The SMILES string of the molecule is CCOc1ccc(Cl)c(N=NC(C(C)=O)C(=O)N(Cl)c2c(OCC)cccc2OCC)c1OCC. The average Bonchev–Trinajstić information content (AvgIpc) is 2.82. The van der Waals surface area contributed by atoms with Gasteiger partial charge in [-0.2, -0.15) is 5.11 Å². The van der Waals surface area contributed by atoms with Crippen molar-refractivity contribution >= 4 is 46.4 Å². The Bertz CT molecular complexity index is 1040. The van der Waals surface area contributed by atoms with Crippen molar-refractivity contribution in [2.45, 2.75) is 40.7 Å². The van der Waals surface area contributed by atoms with Gasteiger partial charge >= 0.3 is 0 Å². The van der Waals surface area contributed by atoms with Gasteiger partial charge in [-0.25, -0.2) is 4.42 Å². The summed E-state index contributed by atoms with van der Waals surface area (Å²) >= 11 is 12.8. The summed E-state index contributed by atoms with van der Waals surface area (Å²) in [6, 6.07) is 6.64. The molecule has 0 aromatic heterocycles. The van der Waals surface area contributed by atoms with E-state index >= 15 is 0 Å². The van der Waals surface area contributed by atoms with Crippen LogP contribution >= 0.6 is 23.4 Å². The Balaban J connectivity index is 2.50. The maximum Gasteiger partial charge on any atom is 0.276 e. The first-order chi connectivity index (χ1) is 16.8. The fourth-order valence-corrected chi connectivity index (χ4v) is 3.50. The topological polar surface area (TPSA) is 99.0 Å². The first kappa shape index (κ1) is 28.2. The van der Waals surface area contributed by atoms with Crippen LogP contribution in [-0.4, -0.2) is 44.2 Å². The van der Waals surface area contributed by atoms with E-state index in [9.17, 15) is 9.59 Å². The van der Waals surface area contributed by atoms with E-state index in [1.54, 1.807) is 51.1 Å². The van der Waals surface area contributed by atoms with Gasteiger partial charge in [-0.15, -0.1) is 5.11 Å². The van der Waals surface area contributed by atoms with Crippen molar-refractivity contribution in [1.29, 1.82) is 0 Å². The van der Waals surface area contributed by atoms with Gasteiger partial charge in [0.25, 0.3) is 5.91 Å². The number of benzene rings is 2. The number of rotatable bonds is 13. The molecule has 1 unspecified atom stereocenters. The number of ether oxygens (including phenoxy) is 4. The molecule has 2 aromatic carbocycles. The summed E-state index contributed by atoms with van der Waals surface area (Å²) in [4.78, 5) is 25.7. The van der Waals surface area contributed by atoms with E-state index in [0.29, 0.717) is 43.7 Å². The second-order valence-corrected chi connectivity index (χ2v) is 7.65. The molecule has 0 saturated carbocycles. The number of amides is 1. The third-order valence-electron chi connectivity index (χ3n) is 4.48. The summed E-state index contributed by atoms with van der Waals surface area (Å²) in [6.45, 7) is 9.75. The zero-order valence-electron chi connectivity index (χ0n) is 20.3. The third-order valence-corrected chi connectivity index (χ3v) is 5.12. The Kier molecular flexibility index (Phi) is 11.1. The van der Waals surface area contributed by atoms with E-state index in [1.165, 1.54) is 6.92 Å². The van der Waals surface area contributed by atoms with Crippen LogP contribution in [0.15, 0.2) is 40.6 Å². The Labute approximate surface area is 215 Å². The molecule has 0 spiro atoms. The minimum atomic E-state index is -1.56. The van der Waals surface area contributed by atoms with Crippen molar-refractivity contribution in [1.82, 2.24) is 0 Å².